The van der Waals surface area contributed by atoms with Crippen molar-refractivity contribution in [3.05, 3.63) is 53.5 Å². The normalized spacial score (nSPS) is 12.3. The van der Waals surface area contributed by atoms with Crippen molar-refractivity contribution < 1.29 is 9.15 Å². The average molecular weight is 287 g/mol. The standard InChI is InChI=1S/C18H25NO2/c1-4-11-19-17(18-14(3)10-13-21-18)15-8-6-7-9-16(15)20-12-5-2/h6-10,13,17,19H,4-5,11-12H2,1-3H3. The van der Waals surface area contributed by atoms with Crippen molar-refractivity contribution in [2.45, 2.75) is 39.7 Å². The molecular formula is C18H25NO2. The molecule has 21 heavy (non-hydrogen) atoms. The van der Waals surface area contributed by atoms with Crippen LogP contribution in [0.1, 0.15) is 49.6 Å². The molecule has 1 aromatic heterocycles. The van der Waals surface area contributed by atoms with Gasteiger partial charge in [0, 0.05) is 5.56 Å². The van der Waals surface area contributed by atoms with Gasteiger partial charge in [-0.1, -0.05) is 32.0 Å². The number of para-hydroxylation sites is 1. The van der Waals surface area contributed by atoms with Crippen molar-refractivity contribution in [1.82, 2.24) is 5.32 Å². The van der Waals surface area contributed by atoms with E-state index >= 15 is 0 Å². The van der Waals surface area contributed by atoms with Gasteiger partial charge in [0.1, 0.15) is 11.5 Å². The molecule has 0 bridgehead atoms. The van der Waals surface area contributed by atoms with Gasteiger partial charge in [-0.2, -0.15) is 0 Å². The number of hydrogen-bond donors (Lipinski definition) is 1. The van der Waals surface area contributed by atoms with Crippen LogP contribution in [-0.4, -0.2) is 13.2 Å². The summed E-state index contributed by atoms with van der Waals surface area (Å²) in [7, 11) is 0. The molecule has 2 aromatic rings. The highest BCUT2D eigenvalue weighted by molar-refractivity contribution is 5.41. The molecule has 1 heterocycles. The summed E-state index contributed by atoms with van der Waals surface area (Å²) in [5.41, 5.74) is 2.30. The first-order valence-electron chi connectivity index (χ1n) is 7.77. The molecule has 0 spiro atoms. The molecule has 0 aliphatic heterocycles. The van der Waals surface area contributed by atoms with E-state index < -0.39 is 0 Å². The lowest BCUT2D eigenvalue weighted by atomic mass is 10.0. The molecule has 0 saturated carbocycles. The quantitative estimate of drug-likeness (QED) is 0.778. The lowest BCUT2D eigenvalue weighted by Gasteiger charge is -2.21. The van der Waals surface area contributed by atoms with Crippen molar-refractivity contribution in [3.8, 4) is 5.75 Å². The Bertz CT molecular complexity index is 548. The highest BCUT2D eigenvalue weighted by atomic mass is 16.5. The van der Waals surface area contributed by atoms with Crippen molar-refractivity contribution in [1.29, 1.82) is 0 Å². The van der Waals surface area contributed by atoms with Crippen molar-refractivity contribution in [2.24, 2.45) is 0 Å². The van der Waals surface area contributed by atoms with Gasteiger partial charge in [-0.25, -0.2) is 0 Å². The minimum absolute atomic E-state index is 0.0352. The van der Waals surface area contributed by atoms with Crippen LogP contribution in [0.4, 0.5) is 0 Å². The molecule has 0 amide bonds. The van der Waals surface area contributed by atoms with Gasteiger partial charge in [0.05, 0.1) is 18.9 Å². The number of aryl methyl sites for hydroxylation is 1. The molecule has 1 aromatic carbocycles. The minimum atomic E-state index is 0.0352. The van der Waals surface area contributed by atoms with E-state index in [1.165, 1.54) is 0 Å². The van der Waals surface area contributed by atoms with E-state index in [-0.39, 0.29) is 6.04 Å². The highest BCUT2D eigenvalue weighted by Gasteiger charge is 2.21. The fourth-order valence-electron chi connectivity index (χ4n) is 2.38. The van der Waals surface area contributed by atoms with Crippen LogP contribution in [-0.2, 0) is 0 Å². The summed E-state index contributed by atoms with van der Waals surface area (Å²) in [5.74, 6) is 1.90. The maximum atomic E-state index is 5.90. The van der Waals surface area contributed by atoms with Crippen molar-refractivity contribution in [3.63, 3.8) is 0 Å². The van der Waals surface area contributed by atoms with Crippen LogP contribution in [0.5, 0.6) is 5.75 Å². The van der Waals surface area contributed by atoms with Crippen molar-refractivity contribution in [2.75, 3.05) is 13.2 Å². The summed E-state index contributed by atoms with van der Waals surface area (Å²) in [4.78, 5) is 0. The van der Waals surface area contributed by atoms with Crippen LogP contribution < -0.4 is 10.1 Å². The number of benzene rings is 1. The van der Waals surface area contributed by atoms with Crippen LogP contribution in [0.2, 0.25) is 0 Å². The summed E-state index contributed by atoms with van der Waals surface area (Å²) in [6, 6.07) is 10.2. The second kappa shape index (κ2) is 7.89. The highest BCUT2D eigenvalue weighted by Crippen LogP contribution is 2.32. The van der Waals surface area contributed by atoms with E-state index in [1.54, 1.807) is 6.26 Å². The van der Waals surface area contributed by atoms with Gasteiger partial charge in [-0.05, 0) is 44.0 Å². The van der Waals surface area contributed by atoms with E-state index in [0.717, 1.165) is 48.6 Å². The van der Waals surface area contributed by atoms with Gasteiger partial charge < -0.3 is 14.5 Å². The van der Waals surface area contributed by atoms with E-state index in [2.05, 4.69) is 32.2 Å². The Morgan fingerprint density at radius 3 is 2.62 bits per heavy atom. The molecule has 0 fully saturated rings. The molecule has 1 N–H and O–H groups in total. The fourth-order valence-corrected chi connectivity index (χ4v) is 2.38. The summed E-state index contributed by atoms with van der Waals surface area (Å²) >= 11 is 0. The second-order valence-electron chi connectivity index (χ2n) is 5.24. The Hall–Kier alpha value is -1.74. The third-order valence-corrected chi connectivity index (χ3v) is 3.45. The van der Waals surface area contributed by atoms with E-state index in [0.29, 0.717) is 0 Å². The number of hydrogen-bond acceptors (Lipinski definition) is 3. The lowest BCUT2D eigenvalue weighted by molar-refractivity contribution is 0.309. The molecule has 0 saturated heterocycles. The van der Waals surface area contributed by atoms with Gasteiger partial charge in [0.25, 0.3) is 0 Å². The topological polar surface area (TPSA) is 34.4 Å². The summed E-state index contributed by atoms with van der Waals surface area (Å²) in [6.07, 6.45) is 3.83. The third kappa shape index (κ3) is 3.88. The largest absolute Gasteiger partial charge is 0.493 e. The number of rotatable bonds is 8. The van der Waals surface area contributed by atoms with Crippen molar-refractivity contribution >= 4 is 0 Å². The van der Waals surface area contributed by atoms with E-state index in [4.69, 9.17) is 9.15 Å². The molecule has 114 valence electrons. The Kier molecular flexibility index (Phi) is 5.88. The van der Waals surface area contributed by atoms with Crippen LogP contribution in [0.15, 0.2) is 41.0 Å². The smallest absolute Gasteiger partial charge is 0.128 e. The first-order chi connectivity index (χ1) is 10.3. The van der Waals surface area contributed by atoms with Crippen LogP contribution in [0.25, 0.3) is 0 Å². The SMILES string of the molecule is CCCNC(c1ccccc1OCCC)c1occc1C. The Morgan fingerprint density at radius 2 is 1.95 bits per heavy atom. The number of furan rings is 1. The van der Waals surface area contributed by atoms with Crippen LogP contribution in [0.3, 0.4) is 0 Å². The van der Waals surface area contributed by atoms with Gasteiger partial charge >= 0.3 is 0 Å². The Morgan fingerprint density at radius 1 is 1.14 bits per heavy atom. The maximum Gasteiger partial charge on any atom is 0.128 e. The monoisotopic (exact) mass is 287 g/mol. The van der Waals surface area contributed by atoms with E-state index in [9.17, 15) is 0 Å². The molecule has 1 unspecified atom stereocenters. The predicted molar refractivity (Wildman–Crippen MR) is 85.8 cm³/mol. The van der Waals surface area contributed by atoms with E-state index in [1.807, 2.05) is 24.3 Å². The zero-order chi connectivity index (χ0) is 15.1. The molecule has 3 nitrogen and oxygen atoms in total. The van der Waals surface area contributed by atoms with Gasteiger partial charge in [-0.3, -0.25) is 0 Å². The second-order valence-corrected chi connectivity index (χ2v) is 5.24. The predicted octanol–water partition coefficient (Wildman–Crippen LogP) is 4.47. The summed E-state index contributed by atoms with van der Waals surface area (Å²) in [6.45, 7) is 8.03. The maximum absolute atomic E-state index is 5.90. The average Bonchev–Trinajstić information content (AvgIpc) is 2.93. The Labute approximate surface area is 127 Å². The van der Waals surface area contributed by atoms with Gasteiger partial charge in [0.15, 0.2) is 0 Å². The summed E-state index contributed by atoms with van der Waals surface area (Å²) < 4.78 is 11.6. The lowest BCUT2D eigenvalue weighted by Crippen LogP contribution is -2.24. The zero-order valence-electron chi connectivity index (χ0n) is 13.2. The van der Waals surface area contributed by atoms with Gasteiger partial charge in [0.2, 0.25) is 0 Å². The third-order valence-electron chi connectivity index (χ3n) is 3.45. The summed E-state index contributed by atoms with van der Waals surface area (Å²) in [5, 5.41) is 3.57. The molecule has 0 aliphatic rings. The number of nitrogens with one attached hydrogen (secondary N) is 1. The zero-order valence-corrected chi connectivity index (χ0v) is 13.2. The van der Waals surface area contributed by atoms with Crippen LogP contribution in [0, 0.1) is 6.92 Å². The Balaban J connectivity index is 2.34. The molecule has 1 atom stereocenters. The number of ether oxygens (including phenoxy) is 1. The first-order valence-corrected chi connectivity index (χ1v) is 7.77. The fraction of sp³-hybridized carbons (Fsp3) is 0.444. The first kappa shape index (κ1) is 15.6. The molecule has 0 radical (unpaired) electrons. The molecule has 2 rings (SSSR count). The van der Waals surface area contributed by atoms with Gasteiger partial charge in [-0.15, -0.1) is 0 Å². The van der Waals surface area contributed by atoms with Crippen LogP contribution >= 0.6 is 0 Å². The minimum Gasteiger partial charge on any atom is -0.493 e. The molecule has 3 heteroatoms. The molecule has 0 aliphatic carbocycles. The molecular weight excluding hydrogens is 262 g/mol.